The highest BCUT2D eigenvalue weighted by molar-refractivity contribution is 6.08. The highest BCUT2D eigenvalue weighted by Crippen LogP contribution is 2.45. The molecule has 0 bridgehead atoms. The fraction of sp³-hybridized carbons (Fsp3) is 0.333. The number of esters is 2. The van der Waals surface area contributed by atoms with E-state index in [-0.39, 0.29) is 41.3 Å². The lowest BCUT2D eigenvalue weighted by molar-refractivity contribution is -0.147. The number of nitrogens with zero attached hydrogens (tertiary/aromatic N) is 1. The van der Waals surface area contributed by atoms with Crippen LogP contribution in [0.25, 0.3) is 0 Å². The van der Waals surface area contributed by atoms with Crippen LogP contribution < -0.4 is 0 Å². The third-order valence-electron chi connectivity index (χ3n) is 5.85. The molecule has 0 N–H and O–H groups in total. The topological polar surface area (TPSA) is 82.0 Å². The maximum absolute atomic E-state index is 14.1. The Balaban J connectivity index is 2.27. The molecule has 0 radical (unpaired) electrons. The van der Waals surface area contributed by atoms with E-state index in [1.165, 1.54) is 44.2 Å². The number of hydrogen-bond donors (Lipinski definition) is 0. The molecule has 2 aromatic carbocycles. The number of hydrogen-bond acceptors (Lipinski definition) is 6. The average Bonchev–Trinajstić information content (AvgIpc) is 2.83. The Labute approximate surface area is 211 Å². The Hall–Kier alpha value is -3.82. The number of alkyl halides is 3. The number of benzene rings is 2. The number of halogens is 4. The largest absolute Gasteiger partial charge is 0.465 e. The van der Waals surface area contributed by atoms with Gasteiger partial charge in [0.25, 0.3) is 0 Å². The highest BCUT2D eigenvalue weighted by Gasteiger charge is 2.46. The smallest absolute Gasteiger partial charge is 0.416 e. The van der Waals surface area contributed by atoms with Crippen LogP contribution in [0.2, 0.25) is 0 Å². The van der Waals surface area contributed by atoms with E-state index in [2.05, 4.69) is 4.99 Å². The van der Waals surface area contributed by atoms with Gasteiger partial charge < -0.3 is 9.47 Å². The summed E-state index contributed by atoms with van der Waals surface area (Å²) in [5.74, 6) is -5.83. The van der Waals surface area contributed by atoms with Gasteiger partial charge >= 0.3 is 18.1 Å². The van der Waals surface area contributed by atoms with Gasteiger partial charge in [0.1, 0.15) is 11.7 Å². The van der Waals surface area contributed by atoms with Gasteiger partial charge in [0, 0.05) is 17.2 Å². The van der Waals surface area contributed by atoms with Crippen LogP contribution in [0.1, 0.15) is 54.6 Å². The number of carbonyl (C=O) groups excluding carboxylic acids is 3. The number of ether oxygens (including phenoxy) is 2. The minimum Gasteiger partial charge on any atom is -0.465 e. The monoisotopic (exact) mass is 519 g/mol. The fourth-order valence-corrected chi connectivity index (χ4v) is 4.31. The zero-order valence-corrected chi connectivity index (χ0v) is 20.4. The van der Waals surface area contributed by atoms with Crippen LogP contribution in [0.5, 0.6) is 0 Å². The summed E-state index contributed by atoms with van der Waals surface area (Å²) in [5, 5.41) is 0. The summed E-state index contributed by atoms with van der Waals surface area (Å²) in [7, 11) is 0. The normalized spacial score (nSPS) is 17.8. The van der Waals surface area contributed by atoms with Crippen molar-refractivity contribution in [3.63, 3.8) is 0 Å². The molecule has 0 aliphatic carbocycles. The highest BCUT2D eigenvalue weighted by atomic mass is 19.4. The van der Waals surface area contributed by atoms with Crippen molar-refractivity contribution in [3.8, 4) is 0 Å². The minimum absolute atomic E-state index is 0.0510. The van der Waals surface area contributed by atoms with E-state index in [1.807, 2.05) is 0 Å². The fourth-order valence-electron chi connectivity index (χ4n) is 4.31. The summed E-state index contributed by atoms with van der Waals surface area (Å²) in [4.78, 5) is 43.5. The molecule has 0 spiro atoms. The quantitative estimate of drug-likeness (QED) is 0.255. The van der Waals surface area contributed by atoms with Gasteiger partial charge in [-0.15, -0.1) is 0 Å². The first kappa shape index (κ1) is 27.8. The average molecular weight is 519 g/mol. The van der Waals surface area contributed by atoms with Crippen LogP contribution >= 0.6 is 0 Å². The number of aliphatic imine (C=N–C) groups is 1. The van der Waals surface area contributed by atoms with E-state index in [1.54, 1.807) is 6.92 Å². The number of rotatable bonds is 8. The molecule has 2 aromatic rings. The zero-order valence-electron chi connectivity index (χ0n) is 20.4. The predicted molar refractivity (Wildman–Crippen MR) is 126 cm³/mol. The van der Waals surface area contributed by atoms with Gasteiger partial charge in [0.15, 0.2) is 5.78 Å². The van der Waals surface area contributed by atoms with Crippen molar-refractivity contribution in [1.82, 2.24) is 0 Å². The molecule has 37 heavy (non-hydrogen) atoms. The second-order valence-electron chi connectivity index (χ2n) is 8.23. The number of carbonyl (C=O) groups is 3. The van der Waals surface area contributed by atoms with Crippen molar-refractivity contribution in [2.75, 3.05) is 13.2 Å². The van der Waals surface area contributed by atoms with Crippen molar-refractivity contribution in [3.05, 3.63) is 82.3 Å². The van der Waals surface area contributed by atoms with Gasteiger partial charge in [-0.1, -0.05) is 18.2 Å². The van der Waals surface area contributed by atoms with Crippen LogP contribution in [0, 0.1) is 11.7 Å². The van der Waals surface area contributed by atoms with E-state index in [4.69, 9.17) is 9.47 Å². The lowest BCUT2D eigenvalue weighted by Crippen LogP contribution is -2.38. The van der Waals surface area contributed by atoms with Gasteiger partial charge in [0.2, 0.25) is 0 Å². The lowest BCUT2D eigenvalue weighted by Gasteiger charge is -2.33. The van der Waals surface area contributed by atoms with Crippen molar-refractivity contribution in [1.29, 1.82) is 0 Å². The summed E-state index contributed by atoms with van der Waals surface area (Å²) in [6.45, 7) is 4.32. The summed E-state index contributed by atoms with van der Waals surface area (Å²) in [6, 6.07) is 9.26. The van der Waals surface area contributed by atoms with E-state index in [9.17, 15) is 31.9 Å². The Kier molecular flexibility index (Phi) is 8.62. The molecule has 0 saturated heterocycles. The number of Topliss-reactive ketones (excluding diaryl/α,β-unsaturated/α-hetero) is 1. The molecule has 2 atom stereocenters. The standard InChI is InChI=1S/C27H25F4NO5/c1-4-36-25(34)22-15(3)32-20(14-21(33)16-10-12-17(28)13-11-16)24(26(35)37-5-2)23(22)18-8-6-7-9-19(18)27(29,30)31/h6-13,22-23H,4-5,14H2,1-3H3/t22?,23-/m0/s1. The Morgan fingerprint density at radius 3 is 2.16 bits per heavy atom. The molecule has 10 heteroatoms. The lowest BCUT2D eigenvalue weighted by atomic mass is 9.73. The second-order valence-corrected chi connectivity index (χ2v) is 8.23. The Morgan fingerprint density at radius 2 is 1.57 bits per heavy atom. The first-order valence-corrected chi connectivity index (χ1v) is 11.6. The molecule has 1 aliphatic heterocycles. The maximum atomic E-state index is 14.1. The van der Waals surface area contributed by atoms with Crippen molar-refractivity contribution in [2.24, 2.45) is 10.9 Å². The zero-order chi connectivity index (χ0) is 27.3. The molecule has 0 amide bonds. The van der Waals surface area contributed by atoms with E-state index in [0.29, 0.717) is 0 Å². The summed E-state index contributed by atoms with van der Waals surface area (Å²) in [6.07, 6.45) is -5.29. The summed E-state index contributed by atoms with van der Waals surface area (Å²) < 4.78 is 65.8. The molecule has 1 unspecified atom stereocenters. The van der Waals surface area contributed by atoms with Gasteiger partial charge in [0.05, 0.1) is 36.5 Å². The summed E-state index contributed by atoms with van der Waals surface area (Å²) >= 11 is 0. The first-order valence-electron chi connectivity index (χ1n) is 11.6. The summed E-state index contributed by atoms with van der Waals surface area (Å²) in [5.41, 5.74) is -1.67. The maximum Gasteiger partial charge on any atom is 0.416 e. The molecule has 0 aromatic heterocycles. The van der Waals surface area contributed by atoms with Gasteiger partial charge in [-0.2, -0.15) is 13.2 Å². The Bertz CT molecular complexity index is 1250. The van der Waals surface area contributed by atoms with Crippen LogP contribution in [0.4, 0.5) is 17.6 Å². The molecular weight excluding hydrogens is 494 g/mol. The van der Waals surface area contributed by atoms with Gasteiger partial charge in [-0.3, -0.25) is 14.6 Å². The van der Waals surface area contributed by atoms with E-state index in [0.717, 1.165) is 18.2 Å². The van der Waals surface area contributed by atoms with Gasteiger partial charge in [-0.25, -0.2) is 9.18 Å². The Morgan fingerprint density at radius 1 is 0.946 bits per heavy atom. The molecule has 0 saturated carbocycles. The van der Waals surface area contributed by atoms with Crippen LogP contribution in [0.15, 0.2) is 64.8 Å². The molecule has 1 heterocycles. The third-order valence-corrected chi connectivity index (χ3v) is 5.85. The number of allylic oxidation sites excluding steroid dienone is 1. The van der Waals surface area contributed by atoms with Gasteiger partial charge in [-0.05, 0) is 56.7 Å². The van der Waals surface area contributed by atoms with Crippen LogP contribution in [0.3, 0.4) is 0 Å². The molecule has 6 nitrogen and oxygen atoms in total. The molecule has 0 fully saturated rings. The predicted octanol–water partition coefficient (Wildman–Crippen LogP) is 5.67. The van der Waals surface area contributed by atoms with Crippen molar-refractivity contribution >= 4 is 23.4 Å². The van der Waals surface area contributed by atoms with Crippen LogP contribution in [-0.4, -0.2) is 36.6 Å². The molecule has 196 valence electrons. The third kappa shape index (κ3) is 6.12. The van der Waals surface area contributed by atoms with E-state index >= 15 is 0 Å². The van der Waals surface area contributed by atoms with E-state index < -0.39 is 53.5 Å². The SMILES string of the molecule is CCOC(=O)C1=C(CC(=O)c2ccc(F)cc2)N=C(C)C(C(=O)OCC)[C@@H]1c1ccccc1C(F)(F)F. The molecular formula is C27H25F4NO5. The van der Waals surface area contributed by atoms with Crippen molar-refractivity contribution in [2.45, 2.75) is 39.3 Å². The molecule has 1 aliphatic rings. The number of ketones is 1. The molecule has 3 rings (SSSR count). The second kappa shape index (κ2) is 11.5. The van der Waals surface area contributed by atoms with Crippen LogP contribution in [-0.2, 0) is 25.2 Å². The minimum atomic E-state index is -4.80. The van der Waals surface area contributed by atoms with Crippen molar-refractivity contribution < 1.29 is 41.4 Å². The first-order chi connectivity index (χ1) is 17.5.